The lowest BCUT2D eigenvalue weighted by Gasteiger charge is -2.15. The van der Waals surface area contributed by atoms with Gasteiger partial charge < -0.3 is 19.5 Å². The van der Waals surface area contributed by atoms with Gasteiger partial charge in [-0.05, 0) is 47.0 Å². The Hall–Kier alpha value is -0.780. The van der Waals surface area contributed by atoms with E-state index in [2.05, 4.69) is 28.2 Å². The van der Waals surface area contributed by atoms with Gasteiger partial charge in [-0.1, -0.05) is 0 Å². The minimum atomic E-state index is 0.409. The predicted molar refractivity (Wildman–Crippen MR) is 80.0 cm³/mol. The molecule has 0 aliphatic heterocycles. The molecule has 0 aromatic heterocycles. The van der Waals surface area contributed by atoms with Crippen molar-refractivity contribution in [2.75, 3.05) is 27.9 Å². The van der Waals surface area contributed by atoms with E-state index in [9.17, 15) is 0 Å². The summed E-state index contributed by atoms with van der Waals surface area (Å²) < 4.78 is 16.6. The second-order valence-electron chi connectivity index (χ2n) is 4.38. The summed E-state index contributed by atoms with van der Waals surface area (Å²) in [6.45, 7) is 3.70. The van der Waals surface area contributed by atoms with Gasteiger partial charge in [0.25, 0.3) is 0 Å². The molecule has 0 fully saturated rings. The molecule has 5 heteroatoms. The molecule has 1 rings (SSSR count). The van der Waals surface area contributed by atoms with Gasteiger partial charge in [-0.15, -0.1) is 0 Å². The average molecular weight is 332 g/mol. The highest BCUT2D eigenvalue weighted by molar-refractivity contribution is 9.10. The Morgan fingerprint density at radius 1 is 1.21 bits per heavy atom. The number of benzene rings is 1. The van der Waals surface area contributed by atoms with Gasteiger partial charge in [0, 0.05) is 26.3 Å². The van der Waals surface area contributed by atoms with E-state index in [-0.39, 0.29) is 0 Å². The second kappa shape index (κ2) is 8.40. The van der Waals surface area contributed by atoms with Crippen molar-refractivity contribution in [2.45, 2.75) is 25.9 Å². The minimum Gasteiger partial charge on any atom is -0.493 e. The van der Waals surface area contributed by atoms with Crippen LogP contribution in [0, 0.1) is 0 Å². The Kier molecular flexibility index (Phi) is 7.20. The van der Waals surface area contributed by atoms with Crippen molar-refractivity contribution in [2.24, 2.45) is 0 Å². The number of ether oxygens (including phenoxy) is 3. The van der Waals surface area contributed by atoms with Crippen molar-refractivity contribution in [3.05, 3.63) is 22.2 Å². The van der Waals surface area contributed by atoms with E-state index in [1.165, 1.54) is 0 Å². The van der Waals surface area contributed by atoms with Gasteiger partial charge in [0.15, 0.2) is 11.5 Å². The molecule has 0 saturated heterocycles. The van der Waals surface area contributed by atoms with Crippen molar-refractivity contribution in [3.8, 4) is 11.5 Å². The van der Waals surface area contributed by atoms with Crippen molar-refractivity contribution in [3.63, 3.8) is 0 Å². The fourth-order valence-electron chi connectivity index (χ4n) is 1.76. The predicted octanol–water partition coefficient (Wildman–Crippen LogP) is 2.98. The van der Waals surface area contributed by atoms with Crippen molar-refractivity contribution in [1.29, 1.82) is 0 Å². The van der Waals surface area contributed by atoms with Gasteiger partial charge in [0.2, 0.25) is 0 Å². The highest BCUT2D eigenvalue weighted by Crippen LogP contribution is 2.36. The Morgan fingerprint density at radius 2 is 1.95 bits per heavy atom. The highest BCUT2D eigenvalue weighted by atomic mass is 79.9. The van der Waals surface area contributed by atoms with Gasteiger partial charge in [-0.25, -0.2) is 0 Å². The van der Waals surface area contributed by atoms with E-state index in [0.717, 1.165) is 41.1 Å². The molecule has 1 unspecified atom stereocenters. The third-order valence-corrected chi connectivity index (χ3v) is 3.49. The Labute approximate surface area is 123 Å². The molecule has 4 nitrogen and oxygen atoms in total. The molecule has 19 heavy (non-hydrogen) atoms. The normalized spacial score (nSPS) is 12.3. The average Bonchev–Trinajstić information content (AvgIpc) is 2.42. The summed E-state index contributed by atoms with van der Waals surface area (Å²) in [7, 11) is 4.99. The SMILES string of the molecule is COCCC(C)NCc1cc(Br)c(OC)c(OC)c1. The van der Waals surface area contributed by atoms with Crippen LogP contribution in [0.25, 0.3) is 0 Å². The van der Waals surface area contributed by atoms with Crippen LogP contribution in [0.5, 0.6) is 11.5 Å². The lowest BCUT2D eigenvalue weighted by Crippen LogP contribution is -2.26. The van der Waals surface area contributed by atoms with E-state index >= 15 is 0 Å². The van der Waals surface area contributed by atoms with Gasteiger partial charge in [0.05, 0.1) is 18.7 Å². The van der Waals surface area contributed by atoms with E-state index in [1.54, 1.807) is 21.3 Å². The maximum Gasteiger partial charge on any atom is 0.174 e. The first-order chi connectivity index (χ1) is 9.12. The molecular formula is C14H22BrNO3. The van der Waals surface area contributed by atoms with Crippen LogP contribution in [0.3, 0.4) is 0 Å². The first-order valence-corrected chi connectivity index (χ1v) is 7.04. The van der Waals surface area contributed by atoms with Crippen LogP contribution in [0.4, 0.5) is 0 Å². The molecule has 1 aromatic rings. The number of hydrogen-bond acceptors (Lipinski definition) is 4. The summed E-state index contributed by atoms with van der Waals surface area (Å²) in [6.07, 6.45) is 0.991. The fourth-order valence-corrected chi connectivity index (χ4v) is 2.41. The molecule has 108 valence electrons. The summed E-state index contributed by atoms with van der Waals surface area (Å²) in [5.74, 6) is 1.46. The van der Waals surface area contributed by atoms with Crippen LogP contribution in [0.2, 0.25) is 0 Å². The van der Waals surface area contributed by atoms with Crippen molar-refractivity contribution < 1.29 is 14.2 Å². The Bertz CT molecular complexity index is 399. The Morgan fingerprint density at radius 3 is 2.53 bits per heavy atom. The maximum absolute atomic E-state index is 5.33. The molecule has 0 spiro atoms. The monoisotopic (exact) mass is 331 g/mol. The smallest absolute Gasteiger partial charge is 0.174 e. The number of hydrogen-bond donors (Lipinski definition) is 1. The molecule has 1 aromatic carbocycles. The summed E-state index contributed by atoms with van der Waals surface area (Å²) in [5, 5.41) is 3.45. The molecule has 0 amide bonds. The zero-order valence-electron chi connectivity index (χ0n) is 12.0. The summed E-state index contributed by atoms with van der Waals surface area (Å²) in [5.41, 5.74) is 1.15. The molecule has 0 bridgehead atoms. The van der Waals surface area contributed by atoms with Crippen molar-refractivity contribution in [1.82, 2.24) is 5.32 Å². The quantitative estimate of drug-likeness (QED) is 0.794. The zero-order valence-corrected chi connectivity index (χ0v) is 13.5. The molecule has 0 saturated carbocycles. The molecule has 1 N–H and O–H groups in total. The zero-order chi connectivity index (χ0) is 14.3. The first kappa shape index (κ1) is 16.3. The van der Waals surface area contributed by atoms with Crippen molar-refractivity contribution >= 4 is 15.9 Å². The number of rotatable bonds is 8. The molecule has 0 heterocycles. The summed E-state index contributed by atoms with van der Waals surface area (Å²) >= 11 is 3.50. The van der Waals surface area contributed by atoms with Gasteiger partial charge in [-0.2, -0.15) is 0 Å². The third kappa shape index (κ3) is 5.01. The molecule has 0 radical (unpaired) electrons. The fraction of sp³-hybridized carbons (Fsp3) is 0.571. The lowest BCUT2D eigenvalue weighted by atomic mass is 10.1. The second-order valence-corrected chi connectivity index (χ2v) is 5.23. The van der Waals surface area contributed by atoms with Gasteiger partial charge >= 0.3 is 0 Å². The number of halogens is 1. The molecular weight excluding hydrogens is 310 g/mol. The number of nitrogens with one attached hydrogen (secondary N) is 1. The molecule has 0 aliphatic carbocycles. The van der Waals surface area contributed by atoms with Crippen LogP contribution in [-0.4, -0.2) is 34.0 Å². The Balaban J connectivity index is 2.66. The van der Waals surface area contributed by atoms with E-state index in [1.807, 2.05) is 12.1 Å². The lowest BCUT2D eigenvalue weighted by molar-refractivity contribution is 0.184. The van der Waals surface area contributed by atoms with E-state index in [0.29, 0.717) is 6.04 Å². The summed E-state index contributed by atoms with van der Waals surface area (Å²) in [4.78, 5) is 0. The maximum atomic E-state index is 5.33. The first-order valence-electron chi connectivity index (χ1n) is 6.25. The minimum absolute atomic E-state index is 0.409. The largest absolute Gasteiger partial charge is 0.493 e. The van der Waals surface area contributed by atoms with Crippen LogP contribution in [-0.2, 0) is 11.3 Å². The molecule has 0 aliphatic rings. The third-order valence-electron chi connectivity index (χ3n) is 2.90. The van der Waals surface area contributed by atoms with Crippen LogP contribution in [0.15, 0.2) is 16.6 Å². The number of methoxy groups -OCH3 is 3. The van der Waals surface area contributed by atoms with Crippen LogP contribution in [0.1, 0.15) is 18.9 Å². The van der Waals surface area contributed by atoms with E-state index in [4.69, 9.17) is 14.2 Å². The molecule has 1 atom stereocenters. The van der Waals surface area contributed by atoms with Gasteiger partial charge in [0.1, 0.15) is 0 Å². The highest BCUT2D eigenvalue weighted by Gasteiger charge is 2.11. The summed E-state index contributed by atoms with van der Waals surface area (Å²) in [6, 6.07) is 4.43. The van der Waals surface area contributed by atoms with Gasteiger partial charge in [-0.3, -0.25) is 0 Å². The topological polar surface area (TPSA) is 39.7 Å². The van der Waals surface area contributed by atoms with Crippen LogP contribution >= 0.6 is 15.9 Å². The standard InChI is InChI=1S/C14H22BrNO3/c1-10(5-6-17-2)16-9-11-7-12(15)14(19-4)13(8-11)18-3/h7-8,10,16H,5-6,9H2,1-4H3. The van der Waals surface area contributed by atoms with Crippen LogP contribution < -0.4 is 14.8 Å². The van der Waals surface area contributed by atoms with E-state index < -0.39 is 0 Å².